The Hall–Kier alpha value is -1.56. The molecule has 6 heteroatoms. The smallest absolute Gasteiger partial charge is 0.242 e. The summed E-state index contributed by atoms with van der Waals surface area (Å²) >= 11 is 0. The minimum Gasteiger partial charge on any atom is -0.473 e. The molecule has 0 bridgehead atoms. The number of aromatic nitrogens is 2. The highest BCUT2D eigenvalue weighted by molar-refractivity contribution is 5.66. The highest BCUT2D eigenvalue weighted by Gasteiger charge is 2.10. The average Bonchev–Trinajstić information content (AvgIpc) is 2.33. The molecule has 0 amide bonds. The van der Waals surface area contributed by atoms with E-state index >= 15 is 0 Å². The third-order valence-corrected chi connectivity index (χ3v) is 2.44. The third-order valence-electron chi connectivity index (χ3n) is 2.44. The minimum absolute atomic E-state index is 0.0111. The first kappa shape index (κ1) is 14.5. The van der Waals surface area contributed by atoms with Gasteiger partial charge in [0.05, 0.1) is 12.2 Å². The SMILES string of the molecule is CCC(O)CCNc1ncnc(OC(C)C)c1N. The number of hydrogen-bond acceptors (Lipinski definition) is 6. The van der Waals surface area contributed by atoms with Crippen molar-refractivity contribution in [2.24, 2.45) is 0 Å². The summed E-state index contributed by atoms with van der Waals surface area (Å²) in [4.78, 5) is 8.05. The lowest BCUT2D eigenvalue weighted by Crippen LogP contribution is -2.15. The summed E-state index contributed by atoms with van der Waals surface area (Å²) in [7, 11) is 0. The van der Waals surface area contributed by atoms with E-state index in [1.807, 2.05) is 20.8 Å². The van der Waals surface area contributed by atoms with Crippen LogP contribution in [0, 0.1) is 0 Å². The van der Waals surface area contributed by atoms with E-state index in [4.69, 9.17) is 10.5 Å². The van der Waals surface area contributed by atoms with Crippen LogP contribution < -0.4 is 15.8 Å². The zero-order valence-electron chi connectivity index (χ0n) is 11.2. The zero-order valence-corrected chi connectivity index (χ0v) is 11.2. The molecule has 1 heterocycles. The van der Waals surface area contributed by atoms with Crippen molar-refractivity contribution in [3.05, 3.63) is 6.33 Å². The Morgan fingerprint density at radius 1 is 1.44 bits per heavy atom. The van der Waals surface area contributed by atoms with Crippen LogP contribution >= 0.6 is 0 Å². The quantitative estimate of drug-likeness (QED) is 0.681. The molecule has 0 saturated carbocycles. The Kier molecular flexibility index (Phi) is 5.64. The van der Waals surface area contributed by atoms with Gasteiger partial charge >= 0.3 is 0 Å². The molecule has 0 aliphatic heterocycles. The van der Waals surface area contributed by atoms with Crippen LogP contribution in [-0.4, -0.2) is 33.8 Å². The maximum atomic E-state index is 9.45. The van der Waals surface area contributed by atoms with Crippen molar-refractivity contribution >= 4 is 11.5 Å². The van der Waals surface area contributed by atoms with Gasteiger partial charge in [0.1, 0.15) is 12.0 Å². The molecule has 6 nitrogen and oxygen atoms in total. The molecule has 0 aliphatic rings. The van der Waals surface area contributed by atoms with Crippen molar-refractivity contribution in [1.82, 2.24) is 9.97 Å². The molecule has 102 valence electrons. The predicted octanol–water partition coefficient (Wildman–Crippen LogP) is 1.42. The van der Waals surface area contributed by atoms with Gasteiger partial charge in [-0.3, -0.25) is 0 Å². The lowest BCUT2D eigenvalue weighted by Gasteiger charge is -2.14. The number of hydrogen-bond donors (Lipinski definition) is 3. The summed E-state index contributed by atoms with van der Waals surface area (Å²) in [5.41, 5.74) is 6.31. The largest absolute Gasteiger partial charge is 0.473 e. The number of nitrogens with one attached hydrogen (secondary N) is 1. The van der Waals surface area contributed by atoms with Crippen molar-refractivity contribution in [2.75, 3.05) is 17.6 Å². The van der Waals surface area contributed by atoms with E-state index in [-0.39, 0.29) is 12.2 Å². The molecule has 0 aliphatic carbocycles. The molecule has 1 rings (SSSR count). The van der Waals surface area contributed by atoms with Crippen LogP contribution in [0.2, 0.25) is 0 Å². The Morgan fingerprint density at radius 3 is 2.78 bits per heavy atom. The summed E-state index contributed by atoms with van der Waals surface area (Å²) in [5.74, 6) is 0.933. The highest BCUT2D eigenvalue weighted by Crippen LogP contribution is 2.25. The summed E-state index contributed by atoms with van der Waals surface area (Å²) in [5, 5.41) is 12.5. The van der Waals surface area contributed by atoms with E-state index in [1.54, 1.807) is 0 Å². The van der Waals surface area contributed by atoms with Crippen molar-refractivity contribution in [3.8, 4) is 5.88 Å². The van der Waals surface area contributed by atoms with Gasteiger partial charge in [-0.1, -0.05) is 6.92 Å². The maximum Gasteiger partial charge on any atom is 0.242 e. The van der Waals surface area contributed by atoms with Crippen molar-refractivity contribution < 1.29 is 9.84 Å². The van der Waals surface area contributed by atoms with Crippen LogP contribution in [-0.2, 0) is 0 Å². The fourth-order valence-corrected chi connectivity index (χ4v) is 1.40. The molecule has 0 fully saturated rings. The van der Waals surface area contributed by atoms with Crippen LogP contribution in [0.1, 0.15) is 33.6 Å². The van der Waals surface area contributed by atoms with E-state index in [2.05, 4.69) is 15.3 Å². The molecular formula is C12H22N4O2. The summed E-state index contributed by atoms with van der Waals surface area (Å²) in [6, 6.07) is 0. The summed E-state index contributed by atoms with van der Waals surface area (Å²) in [6.45, 7) is 6.37. The minimum atomic E-state index is -0.299. The second-order valence-electron chi connectivity index (χ2n) is 4.39. The Balaban J connectivity index is 2.60. The fraction of sp³-hybridized carbons (Fsp3) is 0.667. The number of nitrogens with zero attached hydrogens (tertiary/aromatic N) is 2. The van der Waals surface area contributed by atoms with E-state index in [0.717, 1.165) is 6.42 Å². The van der Waals surface area contributed by atoms with Gasteiger partial charge in [0.25, 0.3) is 0 Å². The normalized spacial score (nSPS) is 12.5. The van der Waals surface area contributed by atoms with Gasteiger partial charge in [-0.15, -0.1) is 0 Å². The standard InChI is InChI=1S/C12H22N4O2/c1-4-9(17)5-6-14-11-10(13)12(16-7-15-11)18-8(2)3/h7-9,17H,4-6,13H2,1-3H3,(H,14,15,16). The Morgan fingerprint density at radius 2 is 2.17 bits per heavy atom. The second-order valence-corrected chi connectivity index (χ2v) is 4.39. The molecule has 1 aromatic rings. The first-order valence-corrected chi connectivity index (χ1v) is 6.23. The number of aliphatic hydroxyl groups excluding tert-OH is 1. The Labute approximate surface area is 108 Å². The molecule has 1 aromatic heterocycles. The molecule has 18 heavy (non-hydrogen) atoms. The summed E-state index contributed by atoms with van der Waals surface area (Å²) < 4.78 is 5.47. The lowest BCUT2D eigenvalue weighted by molar-refractivity contribution is 0.164. The molecular weight excluding hydrogens is 232 g/mol. The van der Waals surface area contributed by atoms with Crippen molar-refractivity contribution in [2.45, 2.75) is 45.8 Å². The molecule has 4 N–H and O–H groups in total. The number of nitrogen functional groups attached to an aromatic ring is 1. The second kappa shape index (κ2) is 7.00. The zero-order chi connectivity index (χ0) is 13.5. The Bertz CT molecular complexity index is 371. The molecule has 0 radical (unpaired) electrons. The van der Waals surface area contributed by atoms with Gasteiger partial charge in [-0.25, -0.2) is 4.98 Å². The van der Waals surface area contributed by atoms with Gasteiger partial charge in [0.15, 0.2) is 5.82 Å². The molecule has 1 unspecified atom stereocenters. The van der Waals surface area contributed by atoms with Crippen LogP contribution in [0.4, 0.5) is 11.5 Å². The third kappa shape index (κ3) is 4.37. The molecule has 0 aromatic carbocycles. The van der Waals surface area contributed by atoms with Crippen LogP contribution in [0.3, 0.4) is 0 Å². The van der Waals surface area contributed by atoms with Gasteiger partial charge in [-0.05, 0) is 26.7 Å². The van der Waals surface area contributed by atoms with Crippen LogP contribution in [0.25, 0.3) is 0 Å². The van der Waals surface area contributed by atoms with E-state index in [1.165, 1.54) is 6.33 Å². The topological polar surface area (TPSA) is 93.3 Å². The first-order valence-electron chi connectivity index (χ1n) is 6.23. The predicted molar refractivity (Wildman–Crippen MR) is 71.6 cm³/mol. The molecule has 0 saturated heterocycles. The molecule has 1 atom stereocenters. The van der Waals surface area contributed by atoms with Gasteiger partial charge in [0.2, 0.25) is 5.88 Å². The molecule has 0 spiro atoms. The van der Waals surface area contributed by atoms with Gasteiger partial charge in [0, 0.05) is 6.54 Å². The van der Waals surface area contributed by atoms with Crippen LogP contribution in [0.15, 0.2) is 6.33 Å². The number of nitrogens with two attached hydrogens (primary N) is 1. The number of anilines is 2. The van der Waals surface area contributed by atoms with Gasteiger partial charge in [-0.2, -0.15) is 4.98 Å². The monoisotopic (exact) mass is 254 g/mol. The number of rotatable bonds is 7. The van der Waals surface area contributed by atoms with Gasteiger partial charge < -0.3 is 20.9 Å². The number of aliphatic hydroxyl groups is 1. The average molecular weight is 254 g/mol. The fourth-order valence-electron chi connectivity index (χ4n) is 1.40. The van der Waals surface area contributed by atoms with Crippen molar-refractivity contribution in [3.63, 3.8) is 0 Å². The van der Waals surface area contributed by atoms with E-state index < -0.39 is 0 Å². The van der Waals surface area contributed by atoms with E-state index in [0.29, 0.717) is 30.4 Å². The first-order chi connectivity index (χ1) is 8.54. The summed E-state index contributed by atoms with van der Waals surface area (Å²) in [6.07, 6.45) is 2.51. The van der Waals surface area contributed by atoms with Crippen LogP contribution in [0.5, 0.6) is 5.88 Å². The lowest BCUT2D eigenvalue weighted by atomic mass is 10.2. The maximum absolute atomic E-state index is 9.45. The highest BCUT2D eigenvalue weighted by atomic mass is 16.5. The van der Waals surface area contributed by atoms with E-state index in [9.17, 15) is 5.11 Å². The number of ether oxygens (including phenoxy) is 1. The van der Waals surface area contributed by atoms with Crippen molar-refractivity contribution in [1.29, 1.82) is 0 Å².